The molecule has 1 saturated heterocycles. The zero-order chi connectivity index (χ0) is 18.6. The average Bonchev–Trinajstić information content (AvgIpc) is 3.05. The maximum atomic E-state index is 12.9. The van der Waals surface area contributed by atoms with Crippen LogP contribution in [0.25, 0.3) is 11.0 Å². The van der Waals surface area contributed by atoms with Gasteiger partial charge in [0.2, 0.25) is 0 Å². The van der Waals surface area contributed by atoms with E-state index in [0.717, 1.165) is 17.3 Å². The predicted molar refractivity (Wildman–Crippen MR) is 99.0 cm³/mol. The predicted octanol–water partition coefficient (Wildman–Crippen LogP) is 1.48. The summed E-state index contributed by atoms with van der Waals surface area (Å²) >= 11 is 3.44. The molecule has 2 amide bonds. The van der Waals surface area contributed by atoms with Crippen LogP contribution in [0, 0.1) is 5.92 Å². The van der Waals surface area contributed by atoms with Crippen molar-refractivity contribution < 1.29 is 9.59 Å². The molecule has 3 N–H and O–H groups in total. The SMILES string of the molecule is O=C(NC1(C2CN(C(=O)c3ncnc4[nH]cc(Br)c34)C2)CC1)c1cnc[nH]1. The van der Waals surface area contributed by atoms with Crippen LogP contribution in [0.3, 0.4) is 0 Å². The van der Waals surface area contributed by atoms with Crippen LogP contribution in [0.1, 0.15) is 33.8 Å². The van der Waals surface area contributed by atoms with Crippen molar-refractivity contribution in [2.24, 2.45) is 5.92 Å². The Balaban J connectivity index is 1.28. The van der Waals surface area contributed by atoms with Crippen LogP contribution in [0.15, 0.2) is 29.5 Å². The number of aromatic amines is 2. The number of carbonyl (C=O) groups is 2. The van der Waals surface area contributed by atoms with Crippen molar-refractivity contribution in [3.8, 4) is 0 Å². The first kappa shape index (κ1) is 16.4. The summed E-state index contributed by atoms with van der Waals surface area (Å²) < 4.78 is 0.768. The van der Waals surface area contributed by atoms with Crippen molar-refractivity contribution in [1.29, 1.82) is 0 Å². The monoisotopic (exact) mass is 429 g/mol. The molecule has 1 aliphatic heterocycles. The zero-order valence-corrected chi connectivity index (χ0v) is 15.8. The van der Waals surface area contributed by atoms with Gasteiger partial charge in [-0.1, -0.05) is 0 Å². The van der Waals surface area contributed by atoms with Crippen LogP contribution in [-0.4, -0.2) is 60.3 Å². The van der Waals surface area contributed by atoms with Gasteiger partial charge in [0.25, 0.3) is 11.8 Å². The van der Waals surface area contributed by atoms with Gasteiger partial charge in [0, 0.05) is 35.2 Å². The third kappa shape index (κ3) is 2.62. The van der Waals surface area contributed by atoms with Gasteiger partial charge in [-0.3, -0.25) is 9.59 Å². The fraction of sp³-hybridized carbons (Fsp3) is 0.353. The number of amides is 2. The van der Waals surface area contributed by atoms with Gasteiger partial charge >= 0.3 is 0 Å². The number of nitrogens with one attached hydrogen (secondary N) is 3. The van der Waals surface area contributed by atoms with E-state index in [1.807, 2.05) is 0 Å². The Kier molecular flexibility index (Phi) is 3.58. The number of fused-ring (bicyclic) bond motifs is 1. The molecule has 0 bridgehead atoms. The van der Waals surface area contributed by atoms with Gasteiger partial charge in [0.05, 0.1) is 17.9 Å². The van der Waals surface area contributed by atoms with Crippen LogP contribution in [0.2, 0.25) is 0 Å². The molecule has 4 heterocycles. The Morgan fingerprint density at radius 2 is 2.07 bits per heavy atom. The summed E-state index contributed by atoms with van der Waals surface area (Å²) in [7, 11) is 0. The smallest absolute Gasteiger partial charge is 0.273 e. The summed E-state index contributed by atoms with van der Waals surface area (Å²) in [6, 6.07) is 0. The molecule has 27 heavy (non-hydrogen) atoms. The molecule has 5 rings (SSSR count). The average molecular weight is 430 g/mol. The lowest BCUT2D eigenvalue weighted by molar-refractivity contribution is 0.0380. The molecular weight excluding hydrogens is 414 g/mol. The van der Waals surface area contributed by atoms with Crippen molar-refractivity contribution in [3.05, 3.63) is 40.9 Å². The number of H-pyrrole nitrogens is 2. The van der Waals surface area contributed by atoms with Crippen molar-refractivity contribution in [3.63, 3.8) is 0 Å². The van der Waals surface area contributed by atoms with Crippen LogP contribution < -0.4 is 5.32 Å². The van der Waals surface area contributed by atoms with E-state index in [9.17, 15) is 9.59 Å². The minimum Gasteiger partial charge on any atom is -0.345 e. The lowest BCUT2D eigenvalue weighted by Gasteiger charge is -2.44. The third-order valence-corrected chi connectivity index (χ3v) is 6.09. The van der Waals surface area contributed by atoms with Gasteiger partial charge in [-0.15, -0.1) is 0 Å². The van der Waals surface area contributed by atoms with E-state index in [2.05, 4.69) is 46.2 Å². The summed E-state index contributed by atoms with van der Waals surface area (Å²) in [5.41, 5.74) is 1.25. The first-order valence-corrected chi connectivity index (χ1v) is 9.44. The Morgan fingerprint density at radius 1 is 1.26 bits per heavy atom. The van der Waals surface area contributed by atoms with Gasteiger partial charge in [0.15, 0.2) is 0 Å². The first-order valence-electron chi connectivity index (χ1n) is 8.65. The van der Waals surface area contributed by atoms with Gasteiger partial charge in [0.1, 0.15) is 23.4 Å². The van der Waals surface area contributed by atoms with Crippen molar-refractivity contribution in [2.45, 2.75) is 18.4 Å². The number of halogens is 1. The van der Waals surface area contributed by atoms with Crippen LogP contribution in [-0.2, 0) is 0 Å². The number of hydrogen-bond donors (Lipinski definition) is 3. The number of likely N-dealkylation sites (tertiary alicyclic amines) is 1. The first-order chi connectivity index (χ1) is 13.1. The standard InChI is InChI=1S/C17H16BrN7O2/c18-10-3-20-14-12(10)13(22-8-23-14)16(27)25-5-9(6-25)17(1-2-17)24-15(26)11-4-19-7-21-11/h3-4,7-9H,1-2,5-6H2,(H,19,21)(H,24,26)(H,20,22,23). The molecular formula is C17H16BrN7O2. The quantitative estimate of drug-likeness (QED) is 0.579. The highest BCUT2D eigenvalue weighted by atomic mass is 79.9. The van der Waals surface area contributed by atoms with Crippen LogP contribution in [0.5, 0.6) is 0 Å². The minimum absolute atomic E-state index is 0.116. The third-order valence-electron chi connectivity index (χ3n) is 5.47. The number of hydrogen-bond acceptors (Lipinski definition) is 5. The number of aromatic nitrogens is 5. The van der Waals surface area contributed by atoms with Crippen LogP contribution in [0.4, 0.5) is 0 Å². The Bertz CT molecular complexity index is 1030. The topological polar surface area (TPSA) is 120 Å². The summed E-state index contributed by atoms with van der Waals surface area (Å²) in [5.74, 6) is -0.0153. The van der Waals surface area contributed by atoms with E-state index in [4.69, 9.17) is 0 Å². The largest absolute Gasteiger partial charge is 0.345 e. The van der Waals surface area contributed by atoms with Crippen molar-refractivity contribution >= 4 is 38.8 Å². The van der Waals surface area contributed by atoms with E-state index in [1.54, 1.807) is 11.1 Å². The van der Waals surface area contributed by atoms with E-state index >= 15 is 0 Å². The van der Waals surface area contributed by atoms with E-state index in [-0.39, 0.29) is 23.3 Å². The summed E-state index contributed by atoms with van der Waals surface area (Å²) in [6.45, 7) is 1.21. The minimum atomic E-state index is -0.214. The fourth-order valence-corrected chi connectivity index (χ4v) is 4.16. The molecule has 0 aromatic carbocycles. The fourth-order valence-electron chi connectivity index (χ4n) is 3.67. The molecule has 1 saturated carbocycles. The molecule has 3 aromatic heterocycles. The molecule has 9 nitrogen and oxygen atoms in total. The normalized spacial score (nSPS) is 18.3. The van der Waals surface area contributed by atoms with E-state index in [0.29, 0.717) is 35.5 Å². The molecule has 0 unspecified atom stereocenters. The molecule has 0 atom stereocenters. The zero-order valence-electron chi connectivity index (χ0n) is 14.2. The molecule has 3 aromatic rings. The second-order valence-corrected chi connectivity index (χ2v) is 7.92. The van der Waals surface area contributed by atoms with Crippen molar-refractivity contribution in [1.82, 2.24) is 35.1 Å². The number of nitrogens with zero attached hydrogens (tertiary/aromatic N) is 4. The highest BCUT2D eigenvalue weighted by Gasteiger charge is 2.55. The number of rotatable bonds is 4. The lowest BCUT2D eigenvalue weighted by Crippen LogP contribution is -2.59. The number of imidazole rings is 1. The van der Waals surface area contributed by atoms with Crippen LogP contribution >= 0.6 is 15.9 Å². The van der Waals surface area contributed by atoms with Gasteiger partial charge < -0.3 is 20.2 Å². The van der Waals surface area contributed by atoms with E-state index < -0.39 is 0 Å². The molecule has 138 valence electrons. The van der Waals surface area contributed by atoms with Gasteiger partial charge in [-0.05, 0) is 28.8 Å². The second-order valence-electron chi connectivity index (χ2n) is 7.07. The second kappa shape index (κ2) is 5.88. The summed E-state index contributed by atoms with van der Waals surface area (Å²) in [5, 5.41) is 3.81. The maximum Gasteiger partial charge on any atom is 0.273 e. The maximum absolute atomic E-state index is 12.9. The molecule has 0 radical (unpaired) electrons. The highest BCUT2D eigenvalue weighted by molar-refractivity contribution is 9.10. The number of carbonyl (C=O) groups excluding carboxylic acids is 2. The Morgan fingerprint density at radius 3 is 2.78 bits per heavy atom. The molecule has 2 aliphatic rings. The summed E-state index contributed by atoms with van der Waals surface area (Å²) in [6.07, 6.45) is 8.00. The van der Waals surface area contributed by atoms with Gasteiger partial charge in [-0.2, -0.15) is 0 Å². The highest BCUT2D eigenvalue weighted by Crippen LogP contribution is 2.46. The van der Waals surface area contributed by atoms with Gasteiger partial charge in [-0.25, -0.2) is 15.0 Å². The Hall–Kier alpha value is -2.75. The molecule has 0 spiro atoms. The summed E-state index contributed by atoms with van der Waals surface area (Å²) in [4.78, 5) is 45.0. The molecule has 10 heteroatoms. The van der Waals surface area contributed by atoms with E-state index in [1.165, 1.54) is 18.9 Å². The Labute approximate surface area is 162 Å². The molecule has 1 aliphatic carbocycles. The molecule has 2 fully saturated rings. The van der Waals surface area contributed by atoms with Crippen molar-refractivity contribution in [2.75, 3.05) is 13.1 Å². The lowest BCUT2D eigenvalue weighted by atomic mass is 9.88.